The van der Waals surface area contributed by atoms with Gasteiger partial charge in [-0.1, -0.05) is 11.6 Å². The molecule has 0 aliphatic heterocycles. The van der Waals surface area contributed by atoms with Crippen LogP contribution in [0.15, 0.2) is 24.3 Å². The van der Waals surface area contributed by atoms with E-state index in [1.54, 1.807) is 4.90 Å². The van der Waals surface area contributed by atoms with E-state index in [1.165, 1.54) is 0 Å². The van der Waals surface area contributed by atoms with Gasteiger partial charge in [-0.3, -0.25) is 0 Å². The van der Waals surface area contributed by atoms with Crippen molar-refractivity contribution in [2.24, 2.45) is 0 Å². The van der Waals surface area contributed by atoms with Crippen molar-refractivity contribution in [3.8, 4) is 0 Å². The summed E-state index contributed by atoms with van der Waals surface area (Å²) in [4.78, 5) is 14.1. The molecule has 0 fully saturated rings. The monoisotopic (exact) mass is 326 g/mol. The number of rotatable bonds is 4. The van der Waals surface area contributed by atoms with Crippen molar-refractivity contribution in [2.75, 3.05) is 18.4 Å². The molecule has 124 valence electrons. The summed E-state index contributed by atoms with van der Waals surface area (Å²) < 4.78 is 5.49. The summed E-state index contributed by atoms with van der Waals surface area (Å²) in [6, 6.07) is 7.49. The van der Waals surface area contributed by atoms with Crippen LogP contribution >= 0.6 is 11.6 Å². The Morgan fingerprint density at radius 1 is 1.14 bits per heavy atom. The highest BCUT2D eigenvalue weighted by Crippen LogP contribution is 2.18. The predicted octanol–water partition coefficient (Wildman–Crippen LogP) is 4.79. The average molecular weight is 327 g/mol. The van der Waals surface area contributed by atoms with Crippen LogP contribution in [0.2, 0.25) is 5.02 Å². The number of anilines is 1. The quantitative estimate of drug-likeness (QED) is 0.865. The van der Waals surface area contributed by atoms with Gasteiger partial charge in [-0.05, 0) is 65.8 Å². The zero-order valence-electron chi connectivity index (χ0n) is 14.4. The first kappa shape index (κ1) is 18.6. The molecule has 0 aromatic heterocycles. The first-order valence-corrected chi connectivity index (χ1v) is 7.87. The fourth-order valence-electron chi connectivity index (χ4n) is 1.90. The van der Waals surface area contributed by atoms with E-state index < -0.39 is 5.60 Å². The molecule has 0 saturated heterocycles. The van der Waals surface area contributed by atoms with Gasteiger partial charge in [-0.2, -0.15) is 0 Å². The van der Waals surface area contributed by atoms with E-state index in [9.17, 15) is 4.79 Å². The summed E-state index contributed by atoms with van der Waals surface area (Å²) in [5.74, 6) is 0. The van der Waals surface area contributed by atoms with E-state index in [1.807, 2.05) is 65.8 Å². The van der Waals surface area contributed by atoms with Gasteiger partial charge in [0.1, 0.15) is 5.60 Å². The van der Waals surface area contributed by atoms with E-state index >= 15 is 0 Å². The van der Waals surface area contributed by atoms with Gasteiger partial charge >= 0.3 is 6.09 Å². The molecule has 0 spiro atoms. The van der Waals surface area contributed by atoms with Crippen LogP contribution in [-0.4, -0.2) is 35.2 Å². The molecule has 0 unspecified atom stereocenters. The molecule has 0 aliphatic carbocycles. The van der Waals surface area contributed by atoms with Crippen molar-refractivity contribution >= 4 is 23.4 Å². The molecule has 1 amide bonds. The minimum Gasteiger partial charge on any atom is -0.444 e. The molecule has 1 aromatic carbocycles. The van der Waals surface area contributed by atoms with Gasteiger partial charge in [0.05, 0.1) is 0 Å². The van der Waals surface area contributed by atoms with E-state index in [-0.39, 0.29) is 11.6 Å². The van der Waals surface area contributed by atoms with Gasteiger partial charge in [0, 0.05) is 29.3 Å². The summed E-state index contributed by atoms with van der Waals surface area (Å²) in [6.45, 7) is 12.8. The van der Waals surface area contributed by atoms with Crippen molar-refractivity contribution in [2.45, 2.75) is 52.7 Å². The number of carbonyl (C=O) groups is 1. The lowest BCUT2D eigenvalue weighted by Gasteiger charge is -2.37. The van der Waals surface area contributed by atoms with Gasteiger partial charge in [0.15, 0.2) is 0 Å². The zero-order valence-corrected chi connectivity index (χ0v) is 15.1. The molecule has 1 N–H and O–H groups in total. The Morgan fingerprint density at radius 3 is 2.14 bits per heavy atom. The Kier molecular flexibility index (Phi) is 6.12. The second kappa shape index (κ2) is 7.23. The SMILES string of the molecule is CC(C)(C)OC(=O)N(CCNc1ccc(Cl)cc1)C(C)(C)C. The number of hydrogen-bond acceptors (Lipinski definition) is 3. The summed E-state index contributed by atoms with van der Waals surface area (Å²) in [5.41, 5.74) is 0.177. The smallest absolute Gasteiger partial charge is 0.410 e. The third kappa shape index (κ3) is 6.56. The number of nitrogens with one attached hydrogen (secondary N) is 1. The van der Waals surface area contributed by atoms with Gasteiger partial charge in [-0.15, -0.1) is 0 Å². The third-order valence-corrected chi connectivity index (χ3v) is 3.18. The molecular formula is C17H27ClN2O2. The van der Waals surface area contributed by atoms with Gasteiger partial charge in [0.25, 0.3) is 0 Å². The minimum absolute atomic E-state index is 0.294. The van der Waals surface area contributed by atoms with Crippen LogP contribution in [0.3, 0.4) is 0 Å². The number of amides is 1. The molecule has 1 aromatic rings. The fraction of sp³-hybridized carbons (Fsp3) is 0.588. The molecule has 4 nitrogen and oxygen atoms in total. The highest BCUT2D eigenvalue weighted by molar-refractivity contribution is 6.30. The van der Waals surface area contributed by atoms with Crippen LogP contribution in [0.25, 0.3) is 0 Å². The van der Waals surface area contributed by atoms with E-state index in [4.69, 9.17) is 16.3 Å². The number of ether oxygens (including phenoxy) is 1. The maximum absolute atomic E-state index is 12.4. The van der Waals surface area contributed by atoms with Crippen LogP contribution in [0.4, 0.5) is 10.5 Å². The normalized spacial score (nSPS) is 12.0. The average Bonchev–Trinajstić information content (AvgIpc) is 2.32. The zero-order chi connectivity index (χ0) is 17.0. The number of benzene rings is 1. The van der Waals surface area contributed by atoms with Crippen LogP contribution in [-0.2, 0) is 4.74 Å². The van der Waals surface area contributed by atoms with Crippen LogP contribution in [0.1, 0.15) is 41.5 Å². The standard InChI is InChI=1S/C17H27ClN2O2/c1-16(2,3)20(15(21)22-17(4,5)6)12-11-19-14-9-7-13(18)8-10-14/h7-10,19H,11-12H2,1-6H3. The molecule has 5 heteroatoms. The predicted molar refractivity (Wildman–Crippen MR) is 92.6 cm³/mol. The lowest BCUT2D eigenvalue weighted by atomic mass is 10.1. The van der Waals surface area contributed by atoms with E-state index in [2.05, 4.69) is 5.32 Å². The molecule has 0 bridgehead atoms. The van der Waals surface area contributed by atoms with Gasteiger partial charge in [-0.25, -0.2) is 4.79 Å². The van der Waals surface area contributed by atoms with Gasteiger partial charge in [0.2, 0.25) is 0 Å². The molecule has 0 aliphatic rings. The van der Waals surface area contributed by atoms with E-state index in [0.717, 1.165) is 5.69 Å². The molecule has 1 rings (SSSR count). The highest BCUT2D eigenvalue weighted by Gasteiger charge is 2.30. The number of hydrogen-bond donors (Lipinski definition) is 1. The topological polar surface area (TPSA) is 41.6 Å². The first-order chi connectivity index (χ1) is 9.99. The highest BCUT2D eigenvalue weighted by atomic mass is 35.5. The molecule has 22 heavy (non-hydrogen) atoms. The van der Waals surface area contributed by atoms with Crippen LogP contribution < -0.4 is 5.32 Å². The minimum atomic E-state index is -0.496. The fourth-order valence-corrected chi connectivity index (χ4v) is 2.02. The Morgan fingerprint density at radius 2 is 1.68 bits per heavy atom. The van der Waals surface area contributed by atoms with Crippen LogP contribution in [0, 0.1) is 0 Å². The Labute approximate surface area is 138 Å². The molecule has 0 atom stereocenters. The molecule has 0 heterocycles. The van der Waals surface area contributed by atoms with Crippen molar-refractivity contribution in [1.82, 2.24) is 4.90 Å². The second-order valence-electron chi connectivity index (χ2n) is 7.24. The second-order valence-corrected chi connectivity index (χ2v) is 7.67. The van der Waals surface area contributed by atoms with Crippen molar-refractivity contribution < 1.29 is 9.53 Å². The van der Waals surface area contributed by atoms with Crippen molar-refractivity contribution in [1.29, 1.82) is 0 Å². The molecule has 0 saturated carbocycles. The first-order valence-electron chi connectivity index (χ1n) is 7.49. The number of carbonyl (C=O) groups excluding carboxylic acids is 1. The Hall–Kier alpha value is -1.42. The lowest BCUT2D eigenvalue weighted by Crippen LogP contribution is -2.49. The summed E-state index contributed by atoms with van der Waals surface area (Å²) in [5, 5.41) is 3.99. The molecule has 0 radical (unpaired) electrons. The summed E-state index contributed by atoms with van der Waals surface area (Å²) in [7, 11) is 0. The Bertz CT molecular complexity index is 487. The maximum atomic E-state index is 12.4. The summed E-state index contributed by atoms with van der Waals surface area (Å²) in [6.07, 6.45) is -0.294. The van der Waals surface area contributed by atoms with Crippen molar-refractivity contribution in [3.05, 3.63) is 29.3 Å². The van der Waals surface area contributed by atoms with E-state index in [0.29, 0.717) is 18.1 Å². The third-order valence-electron chi connectivity index (χ3n) is 2.93. The Balaban J connectivity index is 2.62. The lowest BCUT2D eigenvalue weighted by molar-refractivity contribution is 0.00749. The number of nitrogens with zero attached hydrogens (tertiary/aromatic N) is 1. The van der Waals surface area contributed by atoms with Crippen molar-refractivity contribution in [3.63, 3.8) is 0 Å². The van der Waals surface area contributed by atoms with Crippen LogP contribution in [0.5, 0.6) is 0 Å². The number of halogens is 1. The summed E-state index contributed by atoms with van der Waals surface area (Å²) >= 11 is 5.86. The maximum Gasteiger partial charge on any atom is 0.410 e. The largest absolute Gasteiger partial charge is 0.444 e. The van der Waals surface area contributed by atoms with Gasteiger partial charge < -0.3 is 15.0 Å². The molecular weight excluding hydrogens is 300 g/mol.